The van der Waals surface area contributed by atoms with Crippen LogP contribution in [0.1, 0.15) is 29.5 Å². The molecule has 0 N–H and O–H groups in total. The largest absolute Gasteiger partial charge is 0.496 e. The third kappa shape index (κ3) is 3.47. The molecule has 4 rings (SSSR count). The topological polar surface area (TPSA) is 48.0 Å². The summed E-state index contributed by atoms with van der Waals surface area (Å²) < 4.78 is 17.7. The van der Waals surface area contributed by atoms with Gasteiger partial charge in [0.25, 0.3) is 5.91 Å². The Kier molecular flexibility index (Phi) is 5.27. The van der Waals surface area contributed by atoms with Gasteiger partial charge in [0.05, 0.1) is 13.7 Å². The van der Waals surface area contributed by atoms with E-state index in [-0.39, 0.29) is 18.1 Å². The number of fused-ring (bicyclic) bond motifs is 2. The third-order valence-electron chi connectivity index (χ3n) is 5.91. The highest BCUT2D eigenvalue weighted by molar-refractivity contribution is 5.78. The van der Waals surface area contributed by atoms with Crippen molar-refractivity contribution in [3.8, 4) is 11.5 Å². The van der Waals surface area contributed by atoms with Crippen molar-refractivity contribution in [2.45, 2.75) is 31.8 Å². The van der Waals surface area contributed by atoms with Crippen LogP contribution in [0.3, 0.4) is 0 Å². The van der Waals surface area contributed by atoms with E-state index in [0.717, 1.165) is 36.3 Å². The number of nitrogens with zero attached hydrogens (tertiary/aromatic N) is 1. The molecule has 0 unspecified atom stereocenters. The molecule has 148 valence electrons. The Bertz CT molecular complexity index is 841. The Morgan fingerprint density at radius 2 is 1.86 bits per heavy atom. The van der Waals surface area contributed by atoms with Crippen molar-refractivity contribution in [2.75, 3.05) is 33.4 Å². The van der Waals surface area contributed by atoms with E-state index in [9.17, 15) is 4.79 Å². The van der Waals surface area contributed by atoms with Crippen LogP contribution in [0.5, 0.6) is 11.5 Å². The predicted octanol–water partition coefficient (Wildman–Crippen LogP) is 3.47. The number of benzene rings is 2. The van der Waals surface area contributed by atoms with Gasteiger partial charge in [-0.2, -0.15) is 0 Å². The highest BCUT2D eigenvalue weighted by atomic mass is 16.5. The lowest BCUT2D eigenvalue weighted by Gasteiger charge is -2.45. The van der Waals surface area contributed by atoms with Crippen molar-refractivity contribution in [3.63, 3.8) is 0 Å². The quantitative estimate of drug-likeness (QED) is 0.814. The van der Waals surface area contributed by atoms with Crippen molar-refractivity contribution in [1.29, 1.82) is 0 Å². The van der Waals surface area contributed by atoms with E-state index in [1.54, 1.807) is 7.11 Å². The highest BCUT2D eigenvalue weighted by Crippen LogP contribution is 2.45. The maximum absolute atomic E-state index is 12.7. The number of hydrogen-bond donors (Lipinski definition) is 0. The predicted molar refractivity (Wildman–Crippen MR) is 107 cm³/mol. The SMILES string of the molecule is COc1cccc2c1C1(CCN(C(=O)COc3ccccc3C)CC1)OCC2. The molecule has 1 fully saturated rings. The first-order chi connectivity index (χ1) is 13.6. The normalized spacial score (nSPS) is 17.9. The Morgan fingerprint density at radius 1 is 1.11 bits per heavy atom. The van der Waals surface area contributed by atoms with Gasteiger partial charge in [0.1, 0.15) is 17.1 Å². The summed E-state index contributed by atoms with van der Waals surface area (Å²) in [5.74, 6) is 1.67. The van der Waals surface area contributed by atoms with Crippen molar-refractivity contribution < 1.29 is 19.0 Å². The molecule has 5 nitrogen and oxygen atoms in total. The van der Waals surface area contributed by atoms with Crippen molar-refractivity contribution in [1.82, 2.24) is 4.90 Å². The van der Waals surface area contributed by atoms with E-state index in [0.29, 0.717) is 19.7 Å². The van der Waals surface area contributed by atoms with Gasteiger partial charge in [0, 0.05) is 18.7 Å². The number of para-hydroxylation sites is 1. The van der Waals surface area contributed by atoms with E-state index < -0.39 is 0 Å². The fourth-order valence-corrected chi connectivity index (χ4v) is 4.36. The van der Waals surface area contributed by atoms with Crippen LogP contribution in [0.15, 0.2) is 42.5 Å². The standard InChI is InChI=1S/C23H27NO4/c1-17-6-3-4-8-19(17)27-16-21(25)24-13-11-23(12-14-24)22-18(10-15-28-23)7-5-9-20(22)26-2/h3-9H,10-16H2,1-2H3. The number of carbonyl (C=O) groups is 1. The first kappa shape index (κ1) is 18.8. The molecule has 2 heterocycles. The molecule has 0 saturated carbocycles. The first-order valence-corrected chi connectivity index (χ1v) is 9.89. The van der Waals surface area contributed by atoms with Gasteiger partial charge in [-0.1, -0.05) is 30.3 Å². The van der Waals surface area contributed by atoms with Gasteiger partial charge in [-0.3, -0.25) is 4.79 Å². The van der Waals surface area contributed by atoms with Crippen LogP contribution in [0.4, 0.5) is 0 Å². The second-order valence-electron chi connectivity index (χ2n) is 7.52. The van der Waals surface area contributed by atoms with Crippen LogP contribution in [0, 0.1) is 6.92 Å². The summed E-state index contributed by atoms with van der Waals surface area (Å²) in [5, 5.41) is 0. The van der Waals surface area contributed by atoms with Crippen LogP contribution in [0.2, 0.25) is 0 Å². The van der Waals surface area contributed by atoms with Crippen LogP contribution >= 0.6 is 0 Å². The fourth-order valence-electron chi connectivity index (χ4n) is 4.36. The summed E-state index contributed by atoms with van der Waals surface area (Å²) in [6, 6.07) is 14.0. The smallest absolute Gasteiger partial charge is 0.260 e. The molecular weight excluding hydrogens is 354 g/mol. The summed E-state index contributed by atoms with van der Waals surface area (Å²) in [5.41, 5.74) is 3.15. The summed E-state index contributed by atoms with van der Waals surface area (Å²) in [4.78, 5) is 14.5. The molecule has 28 heavy (non-hydrogen) atoms. The minimum absolute atomic E-state index is 0.0224. The summed E-state index contributed by atoms with van der Waals surface area (Å²) in [7, 11) is 1.71. The molecule has 0 aromatic heterocycles. The number of rotatable bonds is 4. The molecule has 2 aromatic rings. The van der Waals surface area contributed by atoms with E-state index in [1.807, 2.05) is 48.2 Å². The molecular formula is C23H27NO4. The molecule has 5 heteroatoms. The van der Waals surface area contributed by atoms with E-state index >= 15 is 0 Å². The Labute approximate surface area is 166 Å². The summed E-state index contributed by atoms with van der Waals surface area (Å²) in [6.07, 6.45) is 2.45. The first-order valence-electron chi connectivity index (χ1n) is 9.89. The zero-order valence-corrected chi connectivity index (χ0v) is 16.6. The average molecular weight is 381 g/mol. The molecule has 2 aliphatic heterocycles. The van der Waals surface area contributed by atoms with E-state index in [4.69, 9.17) is 14.2 Å². The molecule has 0 radical (unpaired) electrons. The number of aryl methyl sites for hydroxylation is 1. The minimum atomic E-state index is -0.353. The molecule has 2 aliphatic rings. The lowest BCUT2D eigenvalue weighted by atomic mass is 9.79. The monoisotopic (exact) mass is 381 g/mol. The van der Waals surface area contributed by atoms with Crippen LogP contribution in [-0.4, -0.2) is 44.2 Å². The van der Waals surface area contributed by atoms with Gasteiger partial charge in [-0.05, 0) is 49.4 Å². The molecule has 0 atom stereocenters. The Hall–Kier alpha value is -2.53. The van der Waals surface area contributed by atoms with E-state index in [2.05, 4.69) is 6.07 Å². The van der Waals surface area contributed by atoms with Crippen LogP contribution < -0.4 is 9.47 Å². The van der Waals surface area contributed by atoms with Gasteiger partial charge in [-0.15, -0.1) is 0 Å². The third-order valence-corrected chi connectivity index (χ3v) is 5.91. The van der Waals surface area contributed by atoms with Gasteiger partial charge in [-0.25, -0.2) is 0 Å². The number of hydrogen-bond acceptors (Lipinski definition) is 4. The molecule has 1 saturated heterocycles. The number of carbonyl (C=O) groups excluding carboxylic acids is 1. The van der Waals surface area contributed by atoms with E-state index in [1.165, 1.54) is 11.1 Å². The molecule has 0 aliphatic carbocycles. The average Bonchev–Trinajstić information content (AvgIpc) is 2.73. The number of amides is 1. The second kappa shape index (κ2) is 7.84. The maximum atomic E-state index is 12.7. The number of piperidine rings is 1. The summed E-state index contributed by atoms with van der Waals surface area (Å²) in [6.45, 7) is 4.08. The number of methoxy groups -OCH3 is 1. The van der Waals surface area contributed by atoms with Crippen molar-refractivity contribution >= 4 is 5.91 Å². The minimum Gasteiger partial charge on any atom is -0.496 e. The summed E-state index contributed by atoms with van der Waals surface area (Å²) >= 11 is 0. The molecule has 2 aromatic carbocycles. The van der Waals surface area contributed by atoms with Crippen molar-refractivity contribution in [3.05, 3.63) is 59.2 Å². The highest BCUT2D eigenvalue weighted by Gasteiger charge is 2.43. The van der Waals surface area contributed by atoms with Crippen LogP contribution in [0.25, 0.3) is 0 Å². The number of likely N-dealkylation sites (tertiary alicyclic amines) is 1. The Morgan fingerprint density at radius 3 is 2.61 bits per heavy atom. The fraction of sp³-hybridized carbons (Fsp3) is 0.435. The molecule has 1 amide bonds. The maximum Gasteiger partial charge on any atom is 0.260 e. The van der Waals surface area contributed by atoms with Crippen LogP contribution in [-0.2, 0) is 21.6 Å². The van der Waals surface area contributed by atoms with Gasteiger partial charge < -0.3 is 19.1 Å². The van der Waals surface area contributed by atoms with Gasteiger partial charge >= 0.3 is 0 Å². The van der Waals surface area contributed by atoms with Crippen molar-refractivity contribution in [2.24, 2.45) is 0 Å². The Balaban J connectivity index is 1.43. The lowest BCUT2D eigenvalue weighted by molar-refractivity contribution is -0.142. The molecule has 1 spiro atoms. The molecule has 0 bridgehead atoms. The van der Waals surface area contributed by atoms with Gasteiger partial charge in [0.2, 0.25) is 0 Å². The van der Waals surface area contributed by atoms with Gasteiger partial charge in [0.15, 0.2) is 6.61 Å². The second-order valence-corrected chi connectivity index (χ2v) is 7.52. The lowest BCUT2D eigenvalue weighted by Crippen LogP contribution is -2.49. The number of ether oxygens (including phenoxy) is 3. The zero-order valence-electron chi connectivity index (χ0n) is 16.6. The zero-order chi connectivity index (χ0) is 19.6.